The zero-order valence-corrected chi connectivity index (χ0v) is 9.57. The molecule has 1 heterocycles. The van der Waals surface area contributed by atoms with Crippen molar-refractivity contribution in [2.24, 2.45) is 0 Å². The molecule has 0 unspecified atom stereocenters. The van der Waals surface area contributed by atoms with E-state index in [4.69, 9.17) is 11.6 Å². The number of piperidine rings is 1. The molecule has 82 valence electrons. The first-order chi connectivity index (χ1) is 7.12. The SMILES string of the molecule is CC1(c2ccc(Cl)cc2F)CCNCC1. The Kier molecular flexibility index (Phi) is 2.98. The van der Waals surface area contributed by atoms with E-state index in [1.54, 1.807) is 6.07 Å². The topological polar surface area (TPSA) is 12.0 Å². The summed E-state index contributed by atoms with van der Waals surface area (Å²) in [4.78, 5) is 0. The molecule has 1 aromatic carbocycles. The van der Waals surface area contributed by atoms with Crippen LogP contribution in [0.15, 0.2) is 18.2 Å². The van der Waals surface area contributed by atoms with Gasteiger partial charge in [-0.25, -0.2) is 4.39 Å². The number of rotatable bonds is 1. The normalized spacial score (nSPS) is 20.2. The van der Waals surface area contributed by atoms with Gasteiger partial charge in [-0.3, -0.25) is 0 Å². The number of benzene rings is 1. The second-order valence-electron chi connectivity index (χ2n) is 4.43. The van der Waals surface area contributed by atoms with Gasteiger partial charge >= 0.3 is 0 Å². The third-order valence-corrected chi connectivity index (χ3v) is 3.52. The second kappa shape index (κ2) is 4.11. The third-order valence-electron chi connectivity index (χ3n) is 3.29. The van der Waals surface area contributed by atoms with Crippen LogP contribution in [0, 0.1) is 5.82 Å². The highest BCUT2D eigenvalue weighted by molar-refractivity contribution is 6.30. The molecule has 0 atom stereocenters. The van der Waals surface area contributed by atoms with Gasteiger partial charge in [-0.05, 0) is 49.0 Å². The molecule has 1 aliphatic heterocycles. The molecular formula is C12H15ClFN. The van der Waals surface area contributed by atoms with Gasteiger partial charge in [0.15, 0.2) is 0 Å². The van der Waals surface area contributed by atoms with Crippen LogP contribution in [0.3, 0.4) is 0 Å². The monoisotopic (exact) mass is 227 g/mol. The first-order valence-electron chi connectivity index (χ1n) is 5.28. The van der Waals surface area contributed by atoms with Crippen LogP contribution in [-0.4, -0.2) is 13.1 Å². The van der Waals surface area contributed by atoms with E-state index in [0.717, 1.165) is 31.5 Å². The van der Waals surface area contributed by atoms with E-state index in [1.807, 2.05) is 6.07 Å². The summed E-state index contributed by atoms with van der Waals surface area (Å²) in [5, 5.41) is 3.76. The van der Waals surface area contributed by atoms with Crippen molar-refractivity contribution in [3.8, 4) is 0 Å². The molecule has 1 aliphatic rings. The maximum Gasteiger partial charge on any atom is 0.128 e. The first-order valence-corrected chi connectivity index (χ1v) is 5.66. The van der Waals surface area contributed by atoms with Crippen LogP contribution in [-0.2, 0) is 5.41 Å². The van der Waals surface area contributed by atoms with E-state index in [1.165, 1.54) is 6.07 Å². The smallest absolute Gasteiger partial charge is 0.128 e. The highest BCUT2D eigenvalue weighted by Crippen LogP contribution is 2.35. The van der Waals surface area contributed by atoms with Crippen LogP contribution in [0.5, 0.6) is 0 Å². The van der Waals surface area contributed by atoms with Crippen LogP contribution in [0.4, 0.5) is 4.39 Å². The fraction of sp³-hybridized carbons (Fsp3) is 0.500. The Morgan fingerprint density at radius 2 is 2.00 bits per heavy atom. The van der Waals surface area contributed by atoms with E-state index in [-0.39, 0.29) is 11.2 Å². The summed E-state index contributed by atoms with van der Waals surface area (Å²) in [6, 6.07) is 5.00. The summed E-state index contributed by atoms with van der Waals surface area (Å²) in [7, 11) is 0. The van der Waals surface area contributed by atoms with Crippen molar-refractivity contribution in [2.75, 3.05) is 13.1 Å². The number of halogens is 2. The molecule has 0 amide bonds. The zero-order valence-electron chi connectivity index (χ0n) is 8.82. The molecule has 1 nitrogen and oxygen atoms in total. The van der Waals surface area contributed by atoms with Crippen LogP contribution >= 0.6 is 11.6 Å². The van der Waals surface area contributed by atoms with Crippen LogP contribution in [0.25, 0.3) is 0 Å². The molecule has 0 radical (unpaired) electrons. The lowest BCUT2D eigenvalue weighted by atomic mass is 9.75. The van der Waals surface area contributed by atoms with E-state index >= 15 is 0 Å². The van der Waals surface area contributed by atoms with Gasteiger partial charge in [0.05, 0.1) is 0 Å². The highest BCUT2D eigenvalue weighted by Gasteiger charge is 2.30. The summed E-state index contributed by atoms with van der Waals surface area (Å²) in [6.07, 6.45) is 1.96. The Balaban J connectivity index is 2.35. The fourth-order valence-electron chi connectivity index (χ4n) is 2.23. The van der Waals surface area contributed by atoms with Crippen molar-refractivity contribution < 1.29 is 4.39 Å². The summed E-state index contributed by atoms with van der Waals surface area (Å²) < 4.78 is 13.8. The lowest BCUT2D eigenvalue weighted by Gasteiger charge is -2.34. The van der Waals surface area contributed by atoms with Crippen molar-refractivity contribution in [3.05, 3.63) is 34.6 Å². The van der Waals surface area contributed by atoms with Gasteiger partial charge < -0.3 is 5.32 Å². The molecule has 0 aromatic heterocycles. The van der Waals surface area contributed by atoms with Gasteiger partial charge in [0.2, 0.25) is 0 Å². The minimum Gasteiger partial charge on any atom is -0.317 e. The second-order valence-corrected chi connectivity index (χ2v) is 4.87. The Morgan fingerprint density at radius 1 is 1.33 bits per heavy atom. The van der Waals surface area contributed by atoms with E-state index < -0.39 is 0 Å². The summed E-state index contributed by atoms with van der Waals surface area (Å²) >= 11 is 5.75. The molecular weight excluding hydrogens is 213 g/mol. The maximum atomic E-state index is 13.8. The Hall–Kier alpha value is -0.600. The molecule has 1 fully saturated rings. The number of nitrogens with one attached hydrogen (secondary N) is 1. The van der Waals surface area contributed by atoms with E-state index in [2.05, 4.69) is 12.2 Å². The maximum absolute atomic E-state index is 13.8. The van der Waals surface area contributed by atoms with Gasteiger partial charge in [0, 0.05) is 5.02 Å². The zero-order chi connectivity index (χ0) is 10.9. The fourth-order valence-corrected chi connectivity index (χ4v) is 2.39. The van der Waals surface area contributed by atoms with Crippen LogP contribution in [0.2, 0.25) is 5.02 Å². The minimum atomic E-state index is -0.174. The lowest BCUT2D eigenvalue weighted by molar-refractivity contribution is 0.324. The van der Waals surface area contributed by atoms with Crippen molar-refractivity contribution in [3.63, 3.8) is 0 Å². The minimum absolute atomic E-state index is 0.0417. The standard InChI is InChI=1S/C12H15ClFN/c1-12(4-6-15-7-5-12)10-3-2-9(13)8-11(10)14/h2-3,8,15H,4-7H2,1H3. The van der Waals surface area contributed by atoms with Crippen LogP contribution in [0.1, 0.15) is 25.3 Å². The quantitative estimate of drug-likeness (QED) is 0.778. The van der Waals surface area contributed by atoms with Crippen molar-refractivity contribution in [1.82, 2.24) is 5.32 Å². The summed E-state index contributed by atoms with van der Waals surface area (Å²) in [6.45, 7) is 4.04. The van der Waals surface area contributed by atoms with Gasteiger partial charge in [-0.2, -0.15) is 0 Å². The van der Waals surface area contributed by atoms with Crippen LogP contribution < -0.4 is 5.32 Å². The molecule has 1 aromatic rings. The molecule has 3 heteroatoms. The average molecular weight is 228 g/mol. The van der Waals surface area contributed by atoms with Gasteiger partial charge in [0.1, 0.15) is 5.82 Å². The molecule has 0 saturated carbocycles. The van der Waals surface area contributed by atoms with E-state index in [9.17, 15) is 4.39 Å². The first kappa shape index (κ1) is 10.9. The summed E-state index contributed by atoms with van der Waals surface area (Å²) in [5.41, 5.74) is 0.758. The molecule has 15 heavy (non-hydrogen) atoms. The molecule has 0 bridgehead atoms. The van der Waals surface area contributed by atoms with Gasteiger partial charge in [0.25, 0.3) is 0 Å². The molecule has 1 saturated heterocycles. The molecule has 1 N–H and O–H groups in total. The Bertz CT molecular complexity index is 359. The predicted octanol–water partition coefficient (Wildman–Crippen LogP) is 3.12. The van der Waals surface area contributed by atoms with Gasteiger partial charge in [-0.15, -0.1) is 0 Å². The predicted molar refractivity (Wildman–Crippen MR) is 60.9 cm³/mol. The Morgan fingerprint density at radius 3 is 2.60 bits per heavy atom. The number of hydrogen-bond donors (Lipinski definition) is 1. The average Bonchev–Trinajstić information content (AvgIpc) is 2.18. The highest BCUT2D eigenvalue weighted by atomic mass is 35.5. The summed E-state index contributed by atoms with van der Waals surface area (Å²) in [5.74, 6) is -0.174. The van der Waals surface area contributed by atoms with Crippen molar-refractivity contribution >= 4 is 11.6 Å². The molecule has 0 spiro atoms. The van der Waals surface area contributed by atoms with Gasteiger partial charge in [-0.1, -0.05) is 24.6 Å². The van der Waals surface area contributed by atoms with Crippen molar-refractivity contribution in [2.45, 2.75) is 25.2 Å². The van der Waals surface area contributed by atoms with E-state index in [0.29, 0.717) is 5.02 Å². The lowest BCUT2D eigenvalue weighted by Crippen LogP contribution is -2.38. The Labute approximate surface area is 94.6 Å². The molecule has 0 aliphatic carbocycles. The molecule has 2 rings (SSSR count). The van der Waals surface area contributed by atoms with Crippen molar-refractivity contribution in [1.29, 1.82) is 0 Å². The number of hydrogen-bond acceptors (Lipinski definition) is 1. The largest absolute Gasteiger partial charge is 0.317 e. The third kappa shape index (κ3) is 2.16.